The Morgan fingerprint density at radius 1 is 1.29 bits per heavy atom. The third-order valence-corrected chi connectivity index (χ3v) is 3.44. The molecule has 2 rings (SSSR count). The number of rotatable bonds is 2. The Hall–Kier alpha value is -2.05. The van der Waals surface area contributed by atoms with Gasteiger partial charge in [0.25, 0.3) is 0 Å². The third kappa shape index (κ3) is 2.86. The molecule has 1 aromatic carbocycles. The molecule has 0 radical (unpaired) electrons. The van der Waals surface area contributed by atoms with E-state index in [4.69, 9.17) is 34.7 Å². The fourth-order valence-electron chi connectivity index (χ4n) is 1.72. The lowest BCUT2D eigenvalue weighted by Gasteiger charge is -2.11. The summed E-state index contributed by atoms with van der Waals surface area (Å²) in [5.74, 6) is -1.37. The van der Waals surface area contributed by atoms with Crippen LogP contribution in [-0.2, 0) is 4.74 Å². The van der Waals surface area contributed by atoms with Crippen molar-refractivity contribution in [2.45, 2.75) is 0 Å². The van der Waals surface area contributed by atoms with Crippen molar-refractivity contribution >= 4 is 40.5 Å². The summed E-state index contributed by atoms with van der Waals surface area (Å²) in [5.41, 5.74) is 11.9. The largest absolute Gasteiger partial charge is 0.464 e. The van der Waals surface area contributed by atoms with Gasteiger partial charge in [0.1, 0.15) is 5.82 Å². The van der Waals surface area contributed by atoms with E-state index in [0.29, 0.717) is 0 Å². The van der Waals surface area contributed by atoms with Gasteiger partial charge < -0.3 is 16.2 Å². The van der Waals surface area contributed by atoms with Crippen LogP contribution >= 0.6 is 23.2 Å². The van der Waals surface area contributed by atoms with E-state index in [0.717, 1.165) is 12.1 Å². The summed E-state index contributed by atoms with van der Waals surface area (Å²) in [4.78, 5) is 15.7. The summed E-state index contributed by atoms with van der Waals surface area (Å²) < 4.78 is 18.0. The number of anilines is 2. The quantitative estimate of drug-likeness (QED) is 0.652. The fourth-order valence-corrected chi connectivity index (χ4v) is 2.10. The zero-order valence-corrected chi connectivity index (χ0v) is 12.3. The second-order valence-corrected chi connectivity index (χ2v) is 4.88. The highest BCUT2D eigenvalue weighted by Gasteiger charge is 2.19. The van der Waals surface area contributed by atoms with E-state index in [2.05, 4.69) is 9.72 Å². The average Bonchev–Trinajstić information content (AvgIpc) is 2.44. The number of ether oxygens (including phenoxy) is 1. The second kappa shape index (κ2) is 5.75. The second-order valence-electron chi connectivity index (χ2n) is 4.10. The van der Waals surface area contributed by atoms with Crippen LogP contribution in [0.5, 0.6) is 0 Å². The predicted octanol–water partition coefficient (Wildman–Crippen LogP) is 3.15. The molecule has 1 aromatic heterocycles. The van der Waals surface area contributed by atoms with E-state index in [9.17, 15) is 9.18 Å². The molecule has 0 aliphatic rings. The number of esters is 1. The molecule has 0 fully saturated rings. The van der Waals surface area contributed by atoms with E-state index in [1.54, 1.807) is 0 Å². The van der Waals surface area contributed by atoms with Gasteiger partial charge in [0, 0.05) is 5.56 Å². The van der Waals surface area contributed by atoms with Crippen molar-refractivity contribution in [1.82, 2.24) is 4.98 Å². The Bertz CT molecular complexity index is 738. The van der Waals surface area contributed by atoms with Gasteiger partial charge in [0.05, 0.1) is 34.2 Å². The van der Waals surface area contributed by atoms with E-state index >= 15 is 0 Å². The molecule has 8 heteroatoms. The summed E-state index contributed by atoms with van der Waals surface area (Å²) in [7, 11) is 1.18. The number of hydrogen-bond donors (Lipinski definition) is 2. The molecular weight excluding hydrogens is 320 g/mol. The molecule has 0 bridgehead atoms. The van der Waals surface area contributed by atoms with Crippen LogP contribution < -0.4 is 11.5 Å². The summed E-state index contributed by atoms with van der Waals surface area (Å²) >= 11 is 11.7. The van der Waals surface area contributed by atoms with E-state index in [1.165, 1.54) is 13.2 Å². The van der Waals surface area contributed by atoms with Gasteiger partial charge in [-0.3, -0.25) is 0 Å². The summed E-state index contributed by atoms with van der Waals surface area (Å²) in [6.45, 7) is 0. The number of nitrogen functional groups attached to an aromatic ring is 2. The first kappa shape index (κ1) is 15.3. The van der Waals surface area contributed by atoms with Gasteiger partial charge in [-0.05, 0) is 18.2 Å². The van der Waals surface area contributed by atoms with Crippen LogP contribution in [0.1, 0.15) is 10.5 Å². The topological polar surface area (TPSA) is 91.2 Å². The molecule has 0 saturated heterocycles. The highest BCUT2D eigenvalue weighted by Crippen LogP contribution is 2.35. The highest BCUT2D eigenvalue weighted by molar-refractivity contribution is 6.36. The maximum absolute atomic E-state index is 13.5. The SMILES string of the molecule is COC(=O)c1nc(-c2cc(F)cc(Cl)c2N)cc(N)c1Cl. The molecule has 21 heavy (non-hydrogen) atoms. The van der Waals surface area contributed by atoms with Crippen molar-refractivity contribution in [1.29, 1.82) is 0 Å². The van der Waals surface area contributed by atoms with Gasteiger partial charge in [-0.15, -0.1) is 0 Å². The standard InChI is InChI=1S/C13H10Cl2FN3O2/c1-21-13(20)12-10(15)8(17)4-9(19-12)6-2-5(16)3-7(14)11(6)18/h2-4H,18H2,1H3,(H2,17,19). The monoisotopic (exact) mass is 329 g/mol. The van der Waals surface area contributed by atoms with Gasteiger partial charge in [-0.25, -0.2) is 14.2 Å². The van der Waals surface area contributed by atoms with E-state index in [-0.39, 0.29) is 38.4 Å². The number of nitrogens with zero attached hydrogens (tertiary/aromatic N) is 1. The molecule has 0 aliphatic heterocycles. The minimum absolute atomic E-state index is 0.0277. The Morgan fingerprint density at radius 2 is 1.95 bits per heavy atom. The average molecular weight is 330 g/mol. The zero-order chi connectivity index (χ0) is 15.7. The molecule has 110 valence electrons. The lowest BCUT2D eigenvalue weighted by atomic mass is 10.1. The highest BCUT2D eigenvalue weighted by atomic mass is 35.5. The minimum atomic E-state index is -0.769. The van der Waals surface area contributed by atoms with Crippen molar-refractivity contribution in [2.75, 3.05) is 18.6 Å². The molecule has 0 amide bonds. The Morgan fingerprint density at radius 3 is 2.57 bits per heavy atom. The summed E-state index contributed by atoms with van der Waals surface area (Å²) in [6.07, 6.45) is 0. The Balaban J connectivity index is 2.71. The van der Waals surface area contributed by atoms with Crippen LogP contribution in [0.2, 0.25) is 10.0 Å². The number of methoxy groups -OCH3 is 1. The number of carbonyl (C=O) groups excluding carboxylic acids is 1. The molecule has 4 N–H and O–H groups in total. The van der Waals surface area contributed by atoms with E-state index in [1.807, 2.05) is 0 Å². The maximum atomic E-state index is 13.5. The molecule has 0 saturated carbocycles. The molecule has 0 unspecified atom stereocenters. The molecule has 2 aromatic rings. The summed E-state index contributed by atoms with van der Waals surface area (Å²) in [5, 5.41) is -0.0217. The van der Waals surface area contributed by atoms with Crippen LogP contribution in [0.4, 0.5) is 15.8 Å². The Kier molecular flexibility index (Phi) is 4.20. The van der Waals surface area contributed by atoms with Crippen LogP contribution in [0, 0.1) is 5.82 Å². The molecular formula is C13H10Cl2FN3O2. The van der Waals surface area contributed by atoms with Gasteiger partial charge >= 0.3 is 5.97 Å². The van der Waals surface area contributed by atoms with Crippen molar-refractivity contribution in [3.8, 4) is 11.3 Å². The Labute approximate surface area is 129 Å². The first-order valence-electron chi connectivity index (χ1n) is 5.64. The van der Waals surface area contributed by atoms with Crippen LogP contribution in [0.15, 0.2) is 18.2 Å². The third-order valence-electron chi connectivity index (χ3n) is 2.73. The van der Waals surface area contributed by atoms with E-state index < -0.39 is 11.8 Å². The molecule has 0 aliphatic carbocycles. The zero-order valence-electron chi connectivity index (χ0n) is 10.8. The molecule has 5 nitrogen and oxygen atoms in total. The van der Waals surface area contributed by atoms with Crippen molar-refractivity contribution in [3.63, 3.8) is 0 Å². The van der Waals surface area contributed by atoms with Gasteiger partial charge in [0.15, 0.2) is 5.69 Å². The number of halogens is 3. The number of aromatic nitrogens is 1. The van der Waals surface area contributed by atoms with Gasteiger partial charge in [-0.2, -0.15) is 0 Å². The number of carbonyl (C=O) groups is 1. The molecule has 0 spiro atoms. The maximum Gasteiger partial charge on any atom is 0.358 e. The number of pyridine rings is 1. The van der Waals surface area contributed by atoms with Crippen molar-refractivity contribution in [2.24, 2.45) is 0 Å². The summed E-state index contributed by atoms with van der Waals surface area (Å²) in [6, 6.07) is 3.58. The predicted molar refractivity (Wildman–Crippen MR) is 79.8 cm³/mol. The van der Waals surface area contributed by atoms with Gasteiger partial charge in [-0.1, -0.05) is 23.2 Å². The fraction of sp³-hybridized carbons (Fsp3) is 0.0769. The molecule has 0 atom stereocenters. The first-order valence-corrected chi connectivity index (χ1v) is 6.40. The van der Waals surface area contributed by atoms with Crippen LogP contribution in [0.25, 0.3) is 11.3 Å². The van der Waals surface area contributed by atoms with Crippen molar-refractivity contribution in [3.05, 3.63) is 39.8 Å². The van der Waals surface area contributed by atoms with Crippen LogP contribution in [0.3, 0.4) is 0 Å². The minimum Gasteiger partial charge on any atom is -0.464 e. The first-order chi connectivity index (χ1) is 9.85. The number of nitrogens with two attached hydrogens (primary N) is 2. The van der Waals surface area contributed by atoms with Gasteiger partial charge in [0.2, 0.25) is 0 Å². The lowest BCUT2D eigenvalue weighted by molar-refractivity contribution is 0.0594. The molecule has 1 heterocycles. The lowest BCUT2D eigenvalue weighted by Crippen LogP contribution is -2.08. The number of hydrogen-bond acceptors (Lipinski definition) is 5. The number of benzene rings is 1. The van der Waals surface area contributed by atoms with Crippen molar-refractivity contribution < 1.29 is 13.9 Å². The normalized spacial score (nSPS) is 10.5. The van der Waals surface area contributed by atoms with Crippen LogP contribution in [-0.4, -0.2) is 18.1 Å². The smallest absolute Gasteiger partial charge is 0.358 e.